The highest BCUT2D eigenvalue weighted by atomic mass is 32.1. The number of thiazole rings is 1. The van der Waals surface area contributed by atoms with Gasteiger partial charge in [-0.3, -0.25) is 0 Å². The number of nitrogens with zero attached hydrogens (tertiary/aromatic N) is 2. The van der Waals surface area contributed by atoms with Crippen LogP contribution in [0, 0.1) is 0 Å². The smallest absolute Gasteiger partial charge is 0.137 e. The van der Waals surface area contributed by atoms with Crippen molar-refractivity contribution in [3.63, 3.8) is 0 Å². The van der Waals surface area contributed by atoms with Crippen LogP contribution in [0.5, 0.6) is 0 Å². The van der Waals surface area contributed by atoms with E-state index in [4.69, 9.17) is 4.98 Å². The number of aromatic amines is 1. The van der Waals surface area contributed by atoms with E-state index < -0.39 is 0 Å². The molecule has 0 amide bonds. The SMILES string of the molecule is c1ccc(-c2csc(-c3c[nH]c4ncccc34)n2)cc1. The van der Waals surface area contributed by atoms with Gasteiger partial charge in [0.05, 0.1) is 5.69 Å². The zero-order valence-corrected chi connectivity index (χ0v) is 11.4. The summed E-state index contributed by atoms with van der Waals surface area (Å²) in [6, 6.07) is 14.3. The lowest BCUT2D eigenvalue weighted by molar-refractivity contribution is 1.32. The van der Waals surface area contributed by atoms with Gasteiger partial charge in [-0.2, -0.15) is 0 Å². The Labute approximate surface area is 120 Å². The molecule has 1 aromatic carbocycles. The summed E-state index contributed by atoms with van der Waals surface area (Å²) in [7, 11) is 0. The maximum Gasteiger partial charge on any atom is 0.137 e. The van der Waals surface area contributed by atoms with E-state index in [0.717, 1.165) is 32.9 Å². The van der Waals surface area contributed by atoms with Gasteiger partial charge in [0.1, 0.15) is 10.7 Å². The summed E-state index contributed by atoms with van der Waals surface area (Å²) in [6.45, 7) is 0. The maximum atomic E-state index is 4.74. The fraction of sp³-hybridized carbons (Fsp3) is 0. The Kier molecular flexibility index (Phi) is 2.60. The highest BCUT2D eigenvalue weighted by Gasteiger charge is 2.11. The van der Waals surface area contributed by atoms with E-state index >= 15 is 0 Å². The number of H-pyrrole nitrogens is 1. The van der Waals surface area contributed by atoms with Gasteiger partial charge < -0.3 is 4.98 Å². The predicted octanol–water partition coefficient (Wildman–Crippen LogP) is 4.35. The quantitative estimate of drug-likeness (QED) is 0.591. The summed E-state index contributed by atoms with van der Waals surface area (Å²) < 4.78 is 0. The fourth-order valence-corrected chi connectivity index (χ4v) is 3.13. The minimum atomic E-state index is 0.902. The average molecular weight is 277 g/mol. The molecule has 1 N–H and O–H groups in total. The lowest BCUT2D eigenvalue weighted by Gasteiger charge is -1.95. The minimum absolute atomic E-state index is 0.902. The van der Waals surface area contributed by atoms with E-state index in [1.807, 2.05) is 30.5 Å². The largest absolute Gasteiger partial charge is 0.345 e. The standard InChI is InChI=1S/C16H11N3S/c1-2-5-11(6-3-1)14-10-20-16(19-14)13-9-18-15-12(13)7-4-8-17-15/h1-10H,(H,17,18). The number of rotatable bonds is 2. The van der Waals surface area contributed by atoms with Crippen molar-refractivity contribution in [3.8, 4) is 21.8 Å². The molecule has 4 aromatic rings. The van der Waals surface area contributed by atoms with Crippen molar-refractivity contribution in [2.45, 2.75) is 0 Å². The summed E-state index contributed by atoms with van der Waals surface area (Å²) in [5.41, 5.74) is 4.18. The van der Waals surface area contributed by atoms with Crippen LogP contribution in [0.1, 0.15) is 0 Å². The van der Waals surface area contributed by atoms with Crippen LogP contribution in [-0.2, 0) is 0 Å². The molecule has 3 heterocycles. The van der Waals surface area contributed by atoms with Crippen LogP contribution in [-0.4, -0.2) is 15.0 Å². The molecule has 96 valence electrons. The summed E-state index contributed by atoms with van der Waals surface area (Å²) >= 11 is 1.66. The van der Waals surface area contributed by atoms with Crippen molar-refractivity contribution in [3.05, 3.63) is 60.2 Å². The first kappa shape index (κ1) is 11.4. The number of hydrogen-bond acceptors (Lipinski definition) is 3. The van der Waals surface area contributed by atoms with E-state index in [2.05, 4.69) is 33.5 Å². The third-order valence-corrected chi connectivity index (χ3v) is 4.13. The normalized spacial score (nSPS) is 11.0. The second-order valence-corrected chi connectivity index (χ2v) is 5.36. The first-order valence-electron chi connectivity index (χ1n) is 6.35. The molecule has 0 unspecified atom stereocenters. The van der Waals surface area contributed by atoms with Gasteiger partial charge in [0, 0.05) is 34.3 Å². The molecule has 3 nitrogen and oxygen atoms in total. The van der Waals surface area contributed by atoms with Gasteiger partial charge in [-0.15, -0.1) is 11.3 Å². The van der Waals surface area contributed by atoms with Crippen molar-refractivity contribution in [2.24, 2.45) is 0 Å². The number of aromatic nitrogens is 3. The summed E-state index contributed by atoms with van der Waals surface area (Å²) in [5, 5.41) is 4.23. The Morgan fingerprint density at radius 2 is 1.90 bits per heavy atom. The van der Waals surface area contributed by atoms with Crippen molar-refractivity contribution in [2.75, 3.05) is 0 Å². The monoisotopic (exact) mass is 277 g/mol. The molecule has 0 saturated carbocycles. The second kappa shape index (κ2) is 4.58. The Bertz CT molecular complexity index is 861. The Hall–Kier alpha value is -2.46. The van der Waals surface area contributed by atoms with Crippen LogP contribution in [0.3, 0.4) is 0 Å². The van der Waals surface area contributed by atoms with E-state index in [0.29, 0.717) is 0 Å². The second-order valence-electron chi connectivity index (χ2n) is 4.51. The molecule has 0 radical (unpaired) electrons. The van der Waals surface area contributed by atoms with Crippen molar-refractivity contribution < 1.29 is 0 Å². The third-order valence-electron chi connectivity index (χ3n) is 3.26. The Morgan fingerprint density at radius 3 is 2.80 bits per heavy atom. The van der Waals surface area contributed by atoms with Crippen molar-refractivity contribution in [1.82, 2.24) is 15.0 Å². The molecule has 4 rings (SSSR count). The predicted molar refractivity (Wildman–Crippen MR) is 82.6 cm³/mol. The fourth-order valence-electron chi connectivity index (χ4n) is 2.27. The van der Waals surface area contributed by atoms with E-state index in [1.54, 1.807) is 17.5 Å². The highest BCUT2D eigenvalue weighted by molar-refractivity contribution is 7.13. The number of nitrogens with one attached hydrogen (secondary N) is 1. The summed E-state index contributed by atoms with van der Waals surface area (Å²) in [4.78, 5) is 12.2. The van der Waals surface area contributed by atoms with Gasteiger partial charge >= 0.3 is 0 Å². The molecule has 0 fully saturated rings. The molecule has 0 saturated heterocycles. The lowest BCUT2D eigenvalue weighted by atomic mass is 10.2. The van der Waals surface area contributed by atoms with Gasteiger partial charge in [0.25, 0.3) is 0 Å². The third kappa shape index (κ3) is 1.82. The van der Waals surface area contributed by atoms with Crippen LogP contribution >= 0.6 is 11.3 Å². The van der Waals surface area contributed by atoms with Crippen LogP contribution in [0.25, 0.3) is 32.9 Å². The van der Waals surface area contributed by atoms with Gasteiger partial charge in [-0.1, -0.05) is 30.3 Å². The molecule has 3 aromatic heterocycles. The number of fused-ring (bicyclic) bond motifs is 1. The van der Waals surface area contributed by atoms with Gasteiger partial charge in [0.15, 0.2) is 0 Å². The van der Waals surface area contributed by atoms with E-state index in [-0.39, 0.29) is 0 Å². The molecule has 0 aliphatic carbocycles. The van der Waals surface area contributed by atoms with Crippen molar-refractivity contribution >= 4 is 22.4 Å². The summed E-state index contributed by atoms with van der Waals surface area (Å²) in [6.07, 6.45) is 3.77. The summed E-state index contributed by atoms with van der Waals surface area (Å²) in [5.74, 6) is 0. The first-order valence-corrected chi connectivity index (χ1v) is 7.23. The zero-order chi connectivity index (χ0) is 13.4. The molecular formula is C16H11N3S. The van der Waals surface area contributed by atoms with Crippen LogP contribution < -0.4 is 0 Å². The highest BCUT2D eigenvalue weighted by Crippen LogP contribution is 2.32. The molecule has 0 aliphatic heterocycles. The van der Waals surface area contributed by atoms with Crippen LogP contribution in [0.4, 0.5) is 0 Å². The van der Waals surface area contributed by atoms with Gasteiger partial charge in [0.2, 0.25) is 0 Å². The molecule has 4 heteroatoms. The van der Waals surface area contributed by atoms with Gasteiger partial charge in [-0.05, 0) is 12.1 Å². The number of hydrogen-bond donors (Lipinski definition) is 1. The Morgan fingerprint density at radius 1 is 1.00 bits per heavy atom. The molecular weight excluding hydrogens is 266 g/mol. The molecule has 0 bridgehead atoms. The first-order chi connectivity index (χ1) is 9.92. The lowest BCUT2D eigenvalue weighted by Crippen LogP contribution is -1.78. The van der Waals surface area contributed by atoms with E-state index in [9.17, 15) is 0 Å². The molecule has 20 heavy (non-hydrogen) atoms. The number of benzene rings is 1. The van der Waals surface area contributed by atoms with E-state index in [1.165, 1.54) is 0 Å². The van der Waals surface area contributed by atoms with Crippen LogP contribution in [0.15, 0.2) is 60.2 Å². The molecule has 0 aliphatic rings. The molecule has 0 atom stereocenters. The Balaban J connectivity index is 1.82. The zero-order valence-electron chi connectivity index (χ0n) is 10.6. The topological polar surface area (TPSA) is 41.6 Å². The maximum absolute atomic E-state index is 4.74. The van der Waals surface area contributed by atoms with Crippen molar-refractivity contribution in [1.29, 1.82) is 0 Å². The average Bonchev–Trinajstić information content (AvgIpc) is 3.14. The minimum Gasteiger partial charge on any atom is -0.345 e. The number of pyridine rings is 1. The molecule has 0 spiro atoms. The van der Waals surface area contributed by atoms with Crippen LogP contribution in [0.2, 0.25) is 0 Å². The van der Waals surface area contributed by atoms with Gasteiger partial charge in [-0.25, -0.2) is 9.97 Å².